The molecule has 1 fully saturated rings. The fraction of sp³-hybridized carbons (Fsp3) is 0.214. The van der Waals surface area contributed by atoms with Crippen LogP contribution in [0.4, 0.5) is 0 Å². The van der Waals surface area contributed by atoms with Crippen LogP contribution in [-0.2, 0) is 10.0 Å². The maximum atomic E-state index is 12.2. The first kappa shape index (κ1) is 20.2. The van der Waals surface area contributed by atoms with E-state index in [1.54, 1.807) is 0 Å². The maximum absolute atomic E-state index is 12.2. The number of nitrogens with two attached hydrogens (primary N) is 3. The molecule has 0 spiro atoms. The number of hydrogen-bond acceptors (Lipinski definition) is 4. The Bertz CT molecular complexity index is 994. The number of hydrogen-bond donors (Lipinski definition) is 3. The molecule has 0 radical (unpaired) electrons. The van der Waals surface area contributed by atoms with Crippen LogP contribution in [-0.4, -0.2) is 30.1 Å². The van der Waals surface area contributed by atoms with E-state index in [1.807, 2.05) is 0 Å². The van der Waals surface area contributed by atoms with Gasteiger partial charge in [0.2, 0.25) is 10.0 Å². The predicted octanol–water partition coefficient (Wildman–Crippen LogP) is 0.886. The Kier molecular flexibility index (Phi) is 5.61. The number of halogens is 2. The van der Waals surface area contributed by atoms with Crippen LogP contribution >= 0.6 is 24.0 Å². The van der Waals surface area contributed by atoms with Crippen LogP contribution in [0.15, 0.2) is 34.3 Å². The average Bonchev–Trinajstić information content (AvgIpc) is 3.24. The summed E-state index contributed by atoms with van der Waals surface area (Å²) in [5, 5.41) is 9.62. The van der Waals surface area contributed by atoms with Crippen molar-refractivity contribution in [2.45, 2.75) is 23.7 Å². The molecule has 6 N–H and O–H groups in total. The van der Waals surface area contributed by atoms with Gasteiger partial charge < -0.3 is 11.5 Å². The van der Waals surface area contributed by atoms with Gasteiger partial charge in [0.05, 0.1) is 33.1 Å². The highest BCUT2D eigenvalue weighted by molar-refractivity contribution is 7.89. The van der Waals surface area contributed by atoms with Gasteiger partial charge in [-0.25, -0.2) is 18.2 Å². The quantitative estimate of drug-likeness (QED) is 0.493. The van der Waals surface area contributed by atoms with Crippen LogP contribution in [0.5, 0.6) is 0 Å². The summed E-state index contributed by atoms with van der Waals surface area (Å²) < 4.78 is 24.6. The van der Waals surface area contributed by atoms with Crippen LogP contribution in [0.25, 0.3) is 5.69 Å². The molecular formula is C14H16Cl2N6O3S. The number of guanidine groups is 1. The molecule has 9 nitrogen and oxygen atoms in total. The number of nitrogens with zero attached hydrogens (tertiary/aromatic N) is 3. The zero-order valence-corrected chi connectivity index (χ0v) is 15.7. The van der Waals surface area contributed by atoms with E-state index in [4.69, 9.17) is 28.2 Å². The summed E-state index contributed by atoms with van der Waals surface area (Å²) in [4.78, 5) is 15.6. The number of sulfonamides is 1. The van der Waals surface area contributed by atoms with Crippen molar-refractivity contribution in [3.8, 4) is 5.69 Å². The molecule has 26 heavy (non-hydrogen) atoms. The molecule has 1 aliphatic carbocycles. The van der Waals surface area contributed by atoms with Crippen LogP contribution < -0.4 is 16.6 Å². The molecule has 1 heterocycles. The van der Waals surface area contributed by atoms with Crippen LogP contribution in [0.1, 0.15) is 34.8 Å². The van der Waals surface area contributed by atoms with E-state index < -0.39 is 15.9 Å². The predicted molar refractivity (Wildman–Crippen MR) is 99.3 cm³/mol. The third kappa shape index (κ3) is 3.98. The zero-order chi connectivity index (χ0) is 18.4. The first-order valence-corrected chi connectivity index (χ1v) is 9.15. The standard InChI is InChI=1S/C14H15ClN6O3S.ClH/c15-10-4-3-8(25(18,23)24)5-11(10)21-12(7-1-2-7)9(6-19-21)13(22)20-14(16)17;/h3-7H,1-2H2,(H2,18,23,24)(H4,16,17,20,22);1H. The molecule has 3 rings (SSSR count). The van der Waals surface area contributed by atoms with Gasteiger partial charge >= 0.3 is 0 Å². The number of carbonyl (C=O) groups is 1. The fourth-order valence-corrected chi connectivity index (χ4v) is 3.20. The number of aliphatic imine (C=N–C) groups is 1. The van der Waals surface area contributed by atoms with Gasteiger partial charge in [-0.3, -0.25) is 4.79 Å². The average molecular weight is 419 g/mol. The lowest BCUT2D eigenvalue weighted by Crippen LogP contribution is -2.24. The number of benzene rings is 1. The van der Waals surface area contributed by atoms with Crippen LogP contribution in [0, 0.1) is 0 Å². The van der Waals surface area contributed by atoms with E-state index in [-0.39, 0.29) is 39.8 Å². The van der Waals surface area contributed by atoms with Gasteiger partial charge in [0.15, 0.2) is 5.96 Å². The van der Waals surface area contributed by atoms with E-state index in [9.17, 15) is 13.2 Å². The smallest absolute Gasteiger partial charge is 0.283 e. The van der Waals surface area contributed by atoms with Gasteiger partial charge in [-0.2, -0.15) is 10.1 Å². The molecular weight excluding hydrogens is 403 g/mol. The highest BCUT2D eigenvalue weighted by Gasteiger charge is 2.33. The summed E-state index contributed by atoms with van der Waals surface area (Å²) in [6.07, 6.45) is 3.06. The lowest BCUT2D eigenvalue weighted by atomic mass is 10.1. The van der Waals surface area contributed by atoms with Gasteiger partial charge in [0.1, 0.15) is 0 Å². The monoisotopic (exact) mass is 418 g/mol. The Hall–Kier alpha value is -2.14. The molecule has 1 aromatic heterocycles. The minimum atomic E-state index is -3.91. The fourth-order valence-electron chi connectivity index (χ4n) is 2.47. The molecule has 1 saturated carbocycles. The molecule has 1 amide bonds. The van der Waals surface area contributed by atoms with Crippen LogP contribution in [0.2, 0.25) is 5.02 Å². The summed E-state index contributed by atoms with van der Waals surface area (Å²) >= 11 is 6.20. The summed E-state index contributed by atoms with van der Waals surface area (Å²) in [6.45, 7) is 0. The van der Waals surface area contributed by atoms with Gasteiger partial charge in [0.25, 0.3) is 5.91 Å². The number of amides is 1. The Balaban J connectivity index is 0.00000243. The summed E-state index contributed by atoms with van der Waals surface area (Å²) in [5.74, 6) is -0.884. The molecule has 12 heteroatoms. The SMILES string of the molecule is Cl.NC(N)=NC(=O)c1cnn(-c2cc(S(N)(=O)=O)ccc2Cl)c1C1CC1. The largest absolute Gasteiger partial charge is 0.370 e. The number of primary sulfonamides is 1. The molecule has 0 saturated heterocycles. The number of rotatable bonds is 4. The Labute approximate surface area is 160 Å². The summed E-state index contributed by atoms with van der Waals surface area (Å²) in [6, 6.07) is 4.02. The first-order valence-electron chi connectivity index (χ1n) is 7.23. The minimum Gasteiger partial charge on any atom is -0.370 e. The Morgan fingerprint density at radius 2 is 1.96 bits per heavy atom. The van der Waals surface area contributed by atoms with Crippen molar-refractivity contribution in [2.75, 3.05) is 0 Å². The third-order valence-corrected chi connectivity index (χ3v) is 4.94. The zero-order valence-electron chi connectivity index (χ0n) is 13.3. The second-order valence-corrected chi connectivity index (χ2v) is 7.60. The van der Waals surface area contributed by atoms with Gasteiger partial charge in [-0.1, -0.05) is 11.6 Å². The minimum absolute atomic E-state index is 0. The van der Waals surface area contributed by atoms with E-state index in [0.717, 1.165) is 12.8 Å². The maximum Gasteiger partial charge on any atom is 0.283 e. The number of aromatic nitrogens is 2. The van der Waals surface area contributed by atoms with Gasteiger partial charge in [-0.05, 0) is 31.0 Å². The van der Waals surface area contributed by atoms with Crippen molar-refractivity contribution < 1.29 is 13.2 Å². The molecule has 2 aromatic rings. The molecule has 0 bridgehead atoms. The van der Waals surface area contributed by atoms with Gasteiger partial charge in [-0.15, -0.1) is 12.4 Å². The van der Waals surface area contributed by atoms with Gasteiger partial charge in [0, 0.05) is 5.92 Å². The molecule has 0 aliphatic heterocycles. The normalized spacial score (nSPS) is 13.8. The lowest BCUT2D eigenvalue weighted by Gasteiger charge is -2.11. The Morgan fingerprint density at radius 1 is 1.31 bits per heavy atom. The molecule has 1 aliphatic rings. The lowest BCUT2D eigenvalue weighted by molar-refractivity contribution is 0.100. The van der Waals surface area contributed by atoms with Crippen molar-refractivity contribution in [3.63, 3.8) is 0 Å². The molecule has 0 atom stereocenters. The second-order valence-electron chi connectivity index (χ2n) is 5.63. The molecule has 1 aromatic carbocycles. The van der Waals surface area contributed by atoms with Crippen molar-refractivity contribution in [1.29, 1.82) is 0 Å². The topological polar surface area (TPSA) is 159 Å². The van der Waals surface area contributed by atoms with E-state index in [2.05, 4.69) is 10.1 Å². The molecule has 0 unspecified atom stereocenters. The second kappa shape index (κ2) is 7.23. The Morgan fingerprint density at radius 3 is 2.50 bits per heavy atom. The highest BCUT2D eigenvalue weighted by atomic mass is 35.5. The summed E-state index contributed by atoms with van der Waals surface area (Å²) in [5.41, 5.74) is 11.7. The first-order chi connectivity index (χ1) is 11.7. The summed E-state index contributed by atoms with van der Waals surface area (Å²) in [7, 11) is -3.91. The number of carbonyl (C=O) groups excluding carboxylic acids is 1. The van der Waals surface area contributed by atoms with E-state index in [1.165, 1.54) is 29.1 Å². The van der Waals surface area contributed by atoms with E-state index in [0.29, 0.717) is 11.4 Å². The van der Waals surface area contributed by atoms with Crippen LogP contribution in [0.3, 0.4) is 0 Å². The van der Waals surface area contributed by atoms with E-state index >= 15 is 0 Å². The molecule has 140 valence electrons. The van der Waals surface area contributed by atoms with Crippen molar-refractivity contribution in [1.82, 2.24) is 9.78 Å². The van der Waals surface area contributed by atoms with Crippen molar-refractivity contribution in [2.24, 2.45) is 21.6 Å². The third-order valence-electron chi connectivity index (χ3n) is 3.71. The van der Waals surface area contributed by atoms with Crippen molar-refractivity contribution in [3.05, 3.63) is 40.7 Å². The van der Waals surface area contributed by atoms with Crippen molar-refractivity contribution >= 4 is 45.9 Å². The highest BCUT2D eigenvalue weighted by Crippen LogP contribution is 2.43.